The summed E-state index contributed by atoms with van der Waals surface area (Å²) < 4.78 is 18.8. The molecule has 3 unspecified atom stereocenters. The van der Waals surface area contributed by atoms with E-state index in [1.807, 2.05) is 0 Å². The van der Waals surface area contributed by atoms with Crippen molar-refractivity contribution in [2.75, 3.05) is 13.2 Å². The first-order valence-corrected chi connectivity index (χ1v) is 11.1. The van der Waals surface area contributed by atoms with Gasteiger partial charge in [0.2, 0.25) is 0 Å². The summed E-state index contributed by atoms with van der Waals surface area (Å²) in [5, 5.41) is 0. The maximum absolute atomic E-state index is 13.0. The number of rotatable bonds is 7. The molecule has 2 aliphatic heterocycles. The van der Waals surface area contributed by atoms with Crippen molar-refractivity contribution in [2.24, 2.45) is 0 Å². The van der Waals surface area contributed by atoms with Gasteiger partial charge in [-0.25, -0.2) is 4.39 Å². The molecule has 0 amide bonds. The van der Waals surface area contributed by atoms with E-state index in [0.29, 0.717) is 30.5 Å². The molecule has 7 heteroatoms. The molecule has 3 atom stereocenters. The molecule has 6 nitrogen and oxygen atoms in total. The van der Waals surface area contributed by atoms with Gasteiger partial charge in [-0.05, 0) is 74.2 Å². The summed E-state index contributed by atoms with van der Waals surface area (Å²) in [6.45, 7) is 2.68. The molecule has 5 rings (SSSR count). The minimum Gasteiger partial charge on any atom is -0.494 e. The summed E-state index contributed by atoms with van der Waals surface area (Å²) in [7, 11) is 0. The number of halogens is 1. The van der Waals surface area contributed by atoms with Crippen LogP contribution in [-0.4, -0.2) is 46.1 Å². The van der Waals surface area contributed by atoms with Crippen molar-refractivity contribution in [1.82, 2.24) is 25.7 Å². The van der Waals surface area contributed by atoms with Crippen LogP contribution in [0, 0.1) is 5.82 Å². The predicted molar refractivity (Wildman–Crippen MR) is 118 cm³/mol. The normalized spacial score (nSPS) is 24.1. The van der Waals surface area contributed by atoms with Gasteiger partial charge in [0.05, 0.1) is 17.6 Å². The molecule has 0 spiro atoms. The number of fused-ring (bicyclic) bond motifs is 1. The number of hydrogen-bond donors (Lipinski definition) is 2. The summed E-state index contributed by atoms with van der Waals surface area (Å²) in [5.41, 5.74) is 10.2. The molecule has 2 aromatic carbocycles. The van der Waals surface area contributed by atoms with Crippen LogP contribution in [0.4, 0.5) is 4.39 Å². The number of hydrazine groups is 1. The van der Waals surface area contributed by atoms with Crippen LogP contribution in [0.2, 0.25) is 0 Å². The number of ether oxygens (including phenoxy) is 1. The van der Waals surface area contributed by atoms with Crippen molar-refractivity contribution in [2.45, 2.75) is 50.4 Å². The van der Waals surface area contributed by atoms with E-state index in [0.717, 1.165) is 37.0 Å². The standard InChI is InChI=1S/C24H28FN5O/c25-18-4-6-20(7-5-18)31-13-9-19-15-23(29-28-19)24-2-1-12-30(24)16-17-3-8-21-22(14-17)27-11-10-26-21/h3-8,10-11,14,19,23-24,28-29H,1-2,9,12-13,15-16H2. The van der Waals surface area contributed by atoms with Gasteiger partial charge in [-0.3, -0.25) is 25.7 Å². The van der Waals surface area contributed by atoms with E-state index < -0.39 is 0 Å². The smallest absolute Gasteiger partial charge is 0.123 e. The third-order valence-corrected chi connectivity index (χ3v) is 6.36. The number of benzene rings is 2. The van der Waals surface area contributed by atoms with Gasteiger partial charge in [-0.15, -0.1) is 0 Å². The van der Waals surface area contributed by atoms with E-state index in [-0.39, 0.29) is 5.82 Å². The minimum absolute atomic E-state index is 0.241. The Morgan fingerprint density at radius 1 is 1.03 bits per heavy atom. The van der Waals surface area contributed by atoms with Crippen molar-refractivity contribution in [3.05, 3.63) is 66.2 Å². The highest BCUT2D eigenvalue weighted by molar-refractivity contribution is 5.74. The fraction of sp³-hybridized carbons (Fsp3) is 0.417. The van der Waals surface area contributed by atoms with E-state index in [1.54, 1.807) is 24.5 Å². The summed E-state index contributed by atoms with van der Waals surface area (Å²) in [6, 6.07) is 13.9. The van der Waals surface area contributed by atoms with Gasteiger partial charge < -0.3 is 4.74 Å². The molecule has 1 aromatic heterocycles. The summed E-state index contributed by atoms with van der Waals surface area (Å²) >= 11 is 0. The molecule has 162 valence electrons. The lowest BCUT2D eigenvalue weighted by molar-refractivity contribution is 0.203. The summed E-state index contributed by atoms with van der Waals surface area (Å²) in [5.74, 6) is 0.473. The first kappa shape index (κ1) is 20.3. The number of nitrogens with zero attached hydrogens (tertiary/aromatic N) is 3. The van der Waals surface area contributed by atoms with Gasteiger partial charge in [0.1, 0.15) is 11.6 Å². The molecular weight excluding hydrogens is 393 g/mol. The molecule has 3 aromatic rings. The van der Waals surface area contributed by atoms with Crippen LogP contribution in [0.15, 0.2) is 54.9 Å². The fourth-order valence-electron chi connectivity index (χ4n) is 4.79. The van der Waals surface area contributed by atoms with Crippen LogP contribution in [0.25, 0.3) is 11.0 Å². The van der Waals surface area contributed by atoms with E-state index >= 15 is 0 Å². The second-order valence-corrected chi connectivity index (χ2v) is 8.48. The summed E-state index contributed by atoms with van der Waals surface area (Å²) in [6.07, 6.45) is 7.92. The quantitative estimate of drug-likeness (QED) is 0.610. The maximum Gasteiger partial charge on any atom is 0.123 e. The highest BCUT2D eigenvalue weighted by Gasteiger charge is 2.36. The lowest BCUT2D eigenvalue weighted by Crippen LogP contribution is -2.45. The average Bonchev–Trinajstić information content (AvgIpc) is 3.44. The lowest BCUT2D eigenvalue weighted by Gasteiger charge is -2.29. The molecule has 0 radical (unpaired) electrons. The SMILES string of the molecule is Fc1ccc(OCCC2CC(C3CCCN3Cc3ccc4nccnc4c3)NN2)cc1. The van der Waals surface area contributed by atoms with Crippen molar-refractivity contribution < 1.29 is 9.13 Å². The van der Waals surface area contributed by atoms with Gasteiger partial charge in [-0.1, -0.05) is 6.07 Å². The molecule has 0 bridgehead atoms. The molecule has 0 aliphatic carbocycles. The van der Waals surface area contributed by atoms with Crippen molar-refractivity contribution >= 4 is 11.0 Å². The monoisotopic (exact) mass is 421 g/mol. The first-order valence-electron chi connectivity index (χ1n) is 11.1. The zero-order chi connectivity index (χ0) is 21.0. The Morgan fingerprint density at radius 3 is 2.74 bits per heavy atom. The van der Waals surface area contributed by atoms with Crippen molar-refractivity contribution in [3.8, 4) is 5.75 Å². The first-order chi connectivity index (χ1) is 15.2. The maximum atomic E-state index is 13.0. The molecule has 3 heterocycles. The topological polar surface area (TPSA) is 62.3 Å². The highest BCUT2D eigenvalue weighted by atomic mass is 19.1. The molecule has 0 saturated carbocycles. The van der Waals surface area contributed by atoms with E-state index in [4.69, 9.17) is 4.74 Å². The van der Waals surface area contributed by atoms with E-state index in [1.165, 1.54) is 30.5 Å². The van der Waals surface area contributed by atoms with Crippen LogP contribution in [0.5, 0.6) is 5.75 Å². The van der Waals surface area contributed by atoms with Gasteiger partial charge >= 0.3 is 0 Å². The van der Waals surface area contributed by atoms with Crippen molar-refractivity contribution in [3.63, 3.8) is 0 Å². The zero-order valence-corrected chi connectivity index (χ0v) is 17.5. The highest BCUT2D eigenvalue weighted by Crippen LogP contribution is 2.27. The number of likely N-dealkylation sites (tertiary alicyclic amines) is 1. The van der Waals surface area contributed by atoms with Gasteiger partial charge in [0.25, 0.3) is 0 Å². The largest absolute Gasteiger partial charge is 0.494 e. The Balaban J connectivity index is 1.14. The van der Waals surface area contributed by atoms with Crippen LogP contribution in [0.3, 0.4) is 0 Å². The minimum atomic E-state index is -0.241. The second-order valence-electron chi connectivity index (χ2n) is 8.48. The zero-order valence-electron chi connectivity index (χ0n) is 17.5. The van der Waals surface area contributed by atoms with Crippen LogP contribution >= 0.6 is 0 Å². The number of hydrogen-bond acceptors (Lipinski definition) is 6. The molecule has 31 heavy (non-hydrogen) atoms. The fourth-order valence-corrected chi connectivity index (χ4v) is 4.79. The molecule has 2 N–H and O–H groups in total. The van der Waals surface area contributed by atoms with Crippen LogP contribution < -0.4 is 15.6 Å². The Kier molecular flexibility index (Phi) is 6.06. The lowest BCUT2D eigenvalue weighted by atomic mass is 9.99. The third kappa shape index (κ3) is 4.84. The molecule has 2 aliphatic rings. The number of nitrogens with one attached hydrogen (secondary N) is 2. The van der Waals surface area contributed by atoms with E-state index in [9.17, 15) is 4.39 Å². The predicted octanol–water partition coefficient (Wildman–Crippen LogP) is 3.44. The van der Waals surface area contributed by atoms with Crippen molar-refractivity contribution in [1.29, 1.82) is 0 Å². The van der Waals surface area contributed by atoms with Gasteiger partial charge in [0.15, 0.2) is 0 Å². The molecule has 2 fully saturated rings. The third-order valence-electron chi connectivity index (χ3n) is 6.36. The second kappa shape index (κ2) is 9.26. The Labute approximate surface area is 181 Å². The Hall–Kier alpha value is -2.61. The Bertz CT molecular complexity index is 1010. The molecular formula is C24H28FN5O. The van der Waals surface area contributed by atoms with Crippen LogP contribution in [-0.2, 0) is 6.54 Å². The summed E-state index contributed by atoms with van der Waals surface area (Å²) in [4.78, 5) is 11.4. The van der Waals surface area contributed by atoms with Crippen LogP contribution in [0.1, 0.15) is 31.2 Å². The van der Waals surface area contributed by atoms with Gasteiger partial charge in [-0.2, -0.15) is 0 Å². The number of aromatic nitrogens is 2. The molecule has 2 saturated heterocycles. The average molecular weight is 422 g/mol. The van der Waals surface area contributed by atoms with Gasteiger partial charge in [0, 0.05) is 37.1 Å². The van der Waals surface area contributed by atoms with E-state index in [2.05, 4.69) is 43.9 Å². The Morgan fingerprint density at radius 2 is 1.87 bits per heavy atom.